The third-order valence-electron chi connectivity index (χ3n) is 3.42. The molecule has 0 aliphatic heterocycles. The number of aromatic nitrogens is 3. The summed E-state index contributed by atoms with van der Waals surface area (Å²) in [5, 5.41) is 7.95. The predicted molar refractivity (Wildman–Crippen MR) is 84.7 cm³/mol. The molecule has 0 fully saturated rings. The van der Waals surface area contributed by atoms with Gasteiger partial charge in [0.25, 0.3) is 0 Å². The third kappa shape index (κ3) is 3.09. The molecular formula is C16H13F2N3O2S. The Balaban J connectivity index is 1.80. The number of rotatable bonds is 5. The quantitative estimate of drug-likeness (QED) is 0.519. The summed E-state index contributed by atoms with van der Waals surface area (Å²) < 4.78 is 33.7. The van der Waals surface area contributed by atoms with Crippen LogP contribution in [0.15, 0.2) is 46.2 Å². The summed E-state index contributed by atoms with van der Waals surface area (Å²) in [6, 6.07) is 6.39. The molecule has 1 atom stereocenters. The van der Waals surface area contributed by atoms with E-state index in [1.807, 2.05) is 0 Å². The molecule has 0 radical (unpaired) electrons. The van der Waals surface area contributed by atoms with Crippen molar-refractivity contribution in [2.24, 2.45) is 7.05 Å². The number of furan rings is 1. The van der Waals surface area contributed by atoms with Crippen molar-refractivity contribution in [1.82, 2.24) is 14.8 Å². The lowest BCUT2D eigenvalue weighted by atomic mass is 10.1. The first-order valence-electron chi connectivity index (χ1n) is 7.06. The Labute approximate surface area is 140 Å². The molecule has 0 aliphatic rings. The van der Waals surface area contributed by atoms with E-state index in [4.69, 9.17) is 4.42 Å². The van der Waals surface area contributed by atoms with Crippen molar-refractivity contribution < 1.29 is 18.0 Å². The van der Waals surface area contributed by atoms with Gasteiger partial charge in [0.05, 0.1) is 17.1 Å². The van der Waals surface area contributed by atoms with Crippen molar-refractivity contribution in [3.63, 3.8) is 0 Å². The van der Waals surface area contributed by atoms with E-state index < -0.39 is 22.7 Å². The lowest BCUT2D eigenvalue weighted by Gasteiger charge is -2.10. The maximum absolute atomic E-state index is 13.8. The Morgan fingerprint density at radius 3 is 2.75 bits per heavy atom. The maximum atomic E-state index is 13.8. The van der Waals surface area contributed by atoms with Gasteiger partial charge in [-0.2, -0.15) is 0 Å². The maximum Gasteiger partial charge on any atom is 0.200 e. The van der Waals surface area contributed by atoms with E-state index in [2.05, 4.69) is 10.2 Å². The zero-order valence-corrected chi connectivity index (χ0v) is 13.7. The van der Waals surface area contributed by atoms with Crippen LogP contribution in [0, 0.1) is 11.6 Å². The highest BCUT2D eigenvalue weighted by Crippen LogP contribution is 2.28. The number of hydrogen-bond donors (Lipinski definition) is 0. The van der Waals surface area contributed by atoms with Gasteiger partial charge in [0.1, 0.15) is 11.6 Å². The van der Waals surface area contributed by atoms with Crippen LogP contribution in [0.4, 0.5) is 8.78 Å². The topological polar surface area (TPSA) is 60.9 Å². The fourth-order valence-electron chi connectivity index (χ4n) is 2.16. The first-order chi connectivity index (χ1) is 11.5. The van der Waals surface area contributed by atoms with Crippen LogP contribution in [0.3, 0.4) is 0 Å². The van der Waals surface area contributed by atoms with E-state index in [-0.39, 0.29) is 5.56 Å². The predicted octanol–water partition coefficient (Wildman–Crippen LogP) is 3.72. The standard InChI is InChI=1S/C16H13F2N3O2S/c1-9(14(22)11-6-5-10(17)8-12(11)18)24-16-20-19-15(21(16)2)13-4-3-7-23-13/h3-9H,1-2H3. The van der Waals surface area contributed by atoms with Crippen molar-refractivity contribution in [2.45, 2.75) is 17.3 Å². The molecule has 0 saturated heterocycles. The minimum absolute atomic E-state index is 0.148. The number of halogens is 2. The van der Waals surface area contributed by atoms with Crippen LogP contribution in [0.2, 0.25) is 0 Å². The summed E-state index contributed by atoms with van der Waals surface area (Å²) in [7, 11) is 1.75. The fourth-order valence-corrected chi connectivity index (χ4v) is 3.04. The van der Waals surface area contributed by atoms with Crippen LogP contribution in [0.1, 0.15) is 17.3 Å². The summed E-state index contributed by atoms with van der Waals surface area (Å²) in [4.78, 5) is 12.4. The molecule has 1 aromatic carbocycles. The second-order valence-electron chi connectivity index (χ2n) is 5.09. The monoisotopic (exact) mass is 349 g/mol. The van der Waals surface area contributed by atoms with Gasteiger partial charge < -0.3 is 8.98 Å². The van der Waals surface area contributed by atoms with Crippen LogP contribution in [0.25, 0.3) is 11.6 Å². The van der Waals surface area contributed by atoms with E-state index in [1.165, 1.54) is 6.26 Å². The molecule has 3 aromatic rings. The molecule has 1 unspecified atom stereocenters. The van der Waals surface area contributed by atoms with Gasteiger partial charge in [0.2, 0.25) is 0 Å². The summed E-state index contributed by atoms with van der Waals surface area (Å²) in [5.74, 6) is -0.960. The van der Waals surface area contributed by atoms with Crippen molar-refractivity contribution >= 4 is 17.5 Å². The molecule has 2 aromatic heterocycles. The minimum atomic E-state index is -0.873. The molecular weight excluding hydrogens is 336 g/mol. The van der Waals surface area contributed by atoms with Gasteiger partial charge in [-0.15, -0.1) is 10.2 Å². The number of thioether (sulfide) groups is 1. The fraction of sp³-hybridized carbons (Fsp3) is 0.188. The average Bonchev–Trinajstić information content (AvgIpc) is 3.17. The van der Waals surface area contributed by atoms with Gasteiger partial charge in [-0.3, -0.25) is 4.79 Å². The number of carbonyl (C=O) groups excluding carboxylic acids is 1. The first-order valence-corrected chi connectivity index (χ1v) is 7.94. The Bertz CT molecular complexity index is 878. The van der Waals surface area contributed by atoms with Crippen LogP contribution in [-0.4, -0.2) is 25.8 Å². The largest absolute Gasteiger partial charge is 0.461 e. The molecule has 2 heterocycles. The summed E-state index contributed by atoms with van der Waals surface area (Å²) in [6.07, 6.45) is 1.53. The highest BCUT2D eigenvalue weighted by Gasteiger charge is 2.23. The summed E-state index contributed by atoms with van der Waals surface area (Å²) in [6.45, 7) is 1.64. The van der Waals surface area contributed by atoms with Gasteiger partial charge in [-0.05, 0) is 31.2 Å². The molecule has 0 saturated carbocycles. The van der Waals surface area contributed by atoms with Crippen LogP contribution in [-0.2, 0) is 7.05 Å². The highest BCUT2D eigenvalue weighted by molar-refractivity contribution is 8.00. The van der Waals surface area contributed by atoms with E-state index in [9.17, 15) is 13.6 Å². The zero-order valence-electron chi connectivity index (χ0n) is 12.9. The van der Waals surface area contributed by atoms with E-state index in [1.54, 1.807) is 30.7 Å². The SMILES string of the molecule is CC(Sc1nnc(-c2ccco2)n1C)C(=O)c1ccc(F)cc1F. The number of Topliss-reactive ketones (excluding diaryl/α,β-unsaturated/α-hetero) is 1. The average molecular weight is 349 g/mol. The molecule has 24 heavy (non-hydrogen) atoms. The van der Waals surface area contributed by atoms with Gasteiger partial charge in [0.15, 0.2) is 22.5 Å². The van der Waals surface area contributed by atoms with E-state index in [0.717, 1.165) is 23.9 Å². The minimum Gasteiger partial charge on any atom is -0.461 e. The van der Waals surface area contributed by atoms with Crippen LogP contribution < -0.4 is 0 Å². The van der Waals surface area contributed by atoms with E-state index >= 15 is 0 Å². The lowest BCUT2D eigenvalue weighted by Crippen LogP contribution is -2.16. The molecule has 0 bridgehead atoms. The van der Waals surface area contributed by atoms with Gasteiger partial charge in [0, 0.05) is 13.1 Å². The summed E-state index contributed by atoms with van der Waals surface area (Å²) >= 11 is 1.14. The highest BCUT2D eigenvalue weighted by atomic mass is 32.2. The smallest absolute Gasteiger partial charge is 0.200 e. The number of nitrogens with zero attached hydrogens (tertiary/aromatic N) is 3. The van der Waals surface area contributed by atoms with Crippen LogP contribution in [0.5, 0.6) is 0 Å². The second-order valence-corrected chi connectivity index (χ2v) is 6.40. The summed E-state index contributed by atoms with van der Waals surface area (Å²) in [5.41, 5.74) is -0.148. The molecule has 0 aliphatic carbocycles. The number of carbonyl (C=O) groups is 1. The Hall–Kier alpha value is -2.48. The number of ketones is 1. The lowest BCUT2D eigenvalue weighted by molar-refractivity contribution is 0.0990. The molecule has 0 N–H and O–H groups in total. The number of benzene rings is 1. The molecule has 5 nitrogen and oxygen atoms in total. The van der Waals surface area contributed by atoms with Crippen LogP contribution >= 0.6 is 11.8 Å². The van der Waals surface area contributed by atoms with Gasteiger partial charge in [-0.1, -0.05) is 11.8 Å². The first kappa shape index (κ1) is 16.4. The number of hydrogen-bond acceptors (Lipinski definition) is 5. The molecule has 3 rings (SSSR count). The van der Waals surface area contributed by atoms with Gasteiger partial charge >= 0.3 is 0 Å². The zero-order chi connectivity index (χ0) is 17.3. The Kier molecular flexibility index (Phi) is 4.48. The van der Waals surface area contributed by atoms with Crippen molar-refractivity contribution in [2.75, 3.05) is 0 Å². The Morgan fingerprint density at radius 1 is 1.29 bits per heavy atom. The van der Waals surface area contributed by atoms with Crippen molar-refractivity contribution in [3.8, 4) is 11.6 Å². The van der Waals surface area contributed by atoms with Gasteiger partial charge in [-0.25, -0.2) is 8.78 Å². The molecule has 8 heteroatoms. The Morgan fingerprint density at radius 2 is 2.08 bits per heavy atom. The molecule has 0 amide bonds. The normalized spacial score (nSPS) is 12.3. The second kappa shape index (κ2) is 6.56. The molecule has 0 spiro atoms. The van der Waals surface area contributed by atoms with Crippen molar-refractivity contribution in [1.29, 1.82) is 0 Å². The molecule has 124 valence electrons. The van der Waals surface area contributed by atoms with E-state index in [0.29, 0.717) is 22.8 Å². The third-order valence-corrected chi connectivity index (χ3v) is 4.56. The van der Waals surface area contributed by atoms with Crippen molar-refractivity contribution in [3.05, 3.63) is 53.8 Å².